The van der Waals surface area contributed by atoms with Crippen LogP contribution in [0.1, 0.15) is 78.9 Å². The highest BCUT2D eigenvalue weighted by atomic mass is 35.5. The predicted octanol–water partition coefficient (Wildman–Crippen LogP) is 13.9. The van der Waals surface area contributed by atoms with Gasteiger partial charge in [-0.3, -0.25) is 0 Å². The van der Waals surface area contributed by atoms with Crippen LogP contribution in [0.3, 0.4) is 0 Å². The molecule has 2 aliphatic rings. The lowest BCUT2D eigenvalue weighted by atomic mass is 9.86. The number of rotatable bonds is 12. The van der Waals surface area contributed by atoms with Crippen molar-refractivity contribution in [3.8, 4) is 68.5 Å². The summed E-state index contributed by atoms with van der Waals surface area (Å²) in [5.41, 5.74) is 4.37. The topological polar surface area (TPSA) is 286 Å². The van der Waals surface area contributed by atoms with Crippen LogP contribution in [0.2, 0.25) is 15.1 Å². The fraction of sp³-hybridized carbons (Fsp3) is 0.100. The molecule has 0 saturated carbocycles. The lowest BCUT2D eigenvalue weighted by Crippen LogP contribution is -2.10. The van der Waals surface area contributed by atoms with Gasteiger partial charge < -0.3 is 44.6 Å². The van der Waals surface area contributed by atoms with Crippen LogP contribution in [0.4, 0.5) is 0 Å². The predicted molar refractivity (Wildman–Crippen MR) is 306 cm³/mol. The summed E-state index contributed by atoms with van der Waals surface area (Å²) in [6, 6.07) is 32.6. The number of hydrogen-bond acceptors (Lipinski definition) is 13. The van der Waals surface area contributed by atoms with Crippen LogP contribution in [-0.4, -0.2) is 84.2 Å². The van der Waals surface area contributed by atoms with E-state index >= 15 is 0 Å². The molecule has 3 aromatic heterocycles. The number of fused-ring (bicyclic) bond motifs is 20. The summed E-state index contributed by atoms with van der Waals surface area (Å²) in [5.74, 6) is -4.49. The molecule has 0 aliphatic carbocycles. The van der Waals surface area contributed by atoms with Crippen LogP contribution in [-0.2, 0) is 18.6 Å². The molecule has 0 atom stereocenters. The van der Waals surface area contributed by atoms with Gasteiger partial charge in [0.15, 0.2) is 29.0 Å². The van der Waals surface area contributed by atoms with E-state index < -0.39 is 23.9 Å². The van der Waals surface area contributed by atoms with E-state index in [1.165, 1.54) is 12.1 Å². The highest BCUT2D eigenvalue weighted by Gasteiger charge is 2.28. The number of halogens is 3. The van der Waals surface area contributed by atoms with Crippen molar-refractivity contribution in [2.24, 2.45) is 0 Å². The van der Waals surface area contributed by atoms with Gasteiger partial charge in [0.1, 0.15) is 58.1 Å². The lowest BCUT2D eigenvalue weighted by molar-refractivity contribution is 0.0675. The normalized spacial score (nSPS) is 11.8. The molecular weight excluding hydrogens is 1120 g/mol. The maximum Gasteiger partial charge on any atom is 0.335 e. The summed E-state index contributed by atoms with van der Waals surface area (Å²) >= 11 is 22.1. The minimum atomic E-state index is -1.38. The minimum Gasteiger partial charge on any atom is -0.489 e. The summed E-state index contributed by atoms with van der Waals surface area (Å²) in [6.07, 6.45) is 0. The van der Waals surface area contributed by atoms with Crippen LogP contribution in [0.5, 0.6) is 23.0 Å². The first-order valence-corrected chi connectivity index (χ1v) is 26.0. The van der Waals surface area contributed by atoms with Crippen LogP contribution in [0, 0.1) is 0 Å². The third kappa shape index (κ3) is 9.75. The molecule has 6 N–H and O–H groups in total. The molecular formula is C60H39Cl3N8O11. The Bertz CT molecular complexity index is 4470. The summed E-state index contributed by atoms with van der Waals surface area (Å²) < 4.78 is 18.6. The summed E-state index contributed by atoms with van der Waals surface area (Å²) in [4.78, 5) is 85.1. The third-order valence-electron chi connectivity index (χ3n) is 13.6. The Hall–Kier alpha value is -9.95. The van der Waals surface area contributed by atoms with Crippen LogP contribution in [0.15, 0.2) is 121 Å². The van der Waals surface area contributed by atoms with E-state index in [1.54, 1.807) is 6.07 Å². The van der Waals surface area contributed by atoms with Gasteiger partial charge in [-0.05, 0) is 82.8 Å². The first kappa shape index (κ1) is 52.7. The number of benzene rings is 7. The number of carboxylic acid groups (broad SMARTS) is 4. The maximum atomic E-state index is 12.0. The Morgan fingerprint density at radius 3 is 1.28 bits per heavy atom. The summed E-state index contributed by atoms with van der Waals surface area (Å²) in [5, 5.41) is 40.8. The number of hydrogen-bond donors (Lipinski definition) is 6. The van der Waals surface area contributed by atoms with Gasteiger partial charge in [0.05, 0.1) is 43.1 Å². The third-order valence-corrected chi connectivity index (χ3v) is 14.8. The number of carboxylic acids is 4. The first-order chi connectivity index (χ1) is 39.2. The Balaban J connectivity index is 1.05. The average Bonchev–Trinajstić information content (AvgIpc) is 3.67. The summed E-state index contributed by atoms with van der Waals surface area (Å²) in [6.45, 7) is 5.82. The molecule has 10 aromatic rings. The molecule has 0 amide bonds. The second kappa shape index (κ2) is 20.3. The second-order valence-corrected chi connectivity index (χ2v) is 21.2. The van der Waals surface area contributed by atoms with Crippen LogP contribution >= 0.6 is 34.8 Å². The van der Waals surface area contributed by atoms with Crippen molar-refractivity contribution in [3.05, 3.63) is 175 Å². The molecule has 0 fully saturated rings. The molecule has 7 aromatic carbocycles. The quantitative estimate of drug-likeness (QED) is 0.0620. The molecule has 0 unspecified atom stereocenters. The monoisotopic (exact) mass is 1150 g/mol. The van der Waals surface area contributed by atoms with Crippen molar-refractivity contribution in [3.63, 3.8) is 0 Å². The fourth-order valence-corrected chi connectivity index (χ4v) is 10.5. The van der Waals surface area contributed by atoms with Crippen molar-refractivity contribution < 1.29 is 53.8 Å². The Morgan fingerprint density at radius 2 is 0.854 bits per heavy atom. The number of carbonyl (C=O) groups is 4. The van der Waals surface area contributed by atoms with Crippen molar-refractivity contribution in [1.82, 2.24) is 39.9 Å². The molecule has 0 spiro atoms. The van der Waals surface area contributed by atoms with E-state index in [0.29, 0.717) is 56.3 Å². The minimum absolute atomic E-state index is 0.0509. The summed E-state index contributed by atoms with van der Waals surface area (Å²) in [7, 11) is 0. The number of H-pyrrole nitrogens is 2. The van der Waals surface area contributed by atoms with E-state index in [9.17, 15) is 39.6 Å². The zero-order chi connectivity index (χ0) is 57.5. The Labute approximate surface area is 477 Å². The zero-order valence-corrected chi connectivity index (χ0v) is 45.2. The van der Waals surface area contributed by atoms with Crippen LogP contribution < -0.4 is 14.2 Å². The van der Waals surface area contributed by atoms with E-state index in [-0.39, 0.29) is 113 Å². The SMILES string of the molecule is CC(C)(C)c1ccc2c3nc4nc(nc5[nH]c(nc6nc(nc([nH]3)c2c1)-c1ccccc1-6)c1c(Cl)c(Oc2cc(COc3cc(C(=O)O)cc(C(=O)O)c3)cc(COc3cc(C(=O)O)cc(C(=O)O)c3)c2)c(Cl)c(Cl)c51)-c1ccccc1-4. The second-order valence-electron chi connectivity index (χ2n) is 20.1. The van der Waals surface area contributed by atoms with E-state index in [1.807, 2.05) is 54.6 Å². The molecule has 8 bridgehead atoms. The number of aromatic carboxylic acids is 4. The van der Waals surface area contributed by atoms with E-state index in [0.717, 1.165) is 52.7 Å². The van der Waals surface area contributed by atoms with Gasteiger partial charge in [0, 0.05) is 33.0 Å². The largest absolute Gasteiger partial charge is 0.489 e. The van der Waals surface area contributed by atoms with Crippen molar-refractivity contribution >= 4 is 103 Å². The molecule has 2 aliphatic heterocycles. The number of aromatic amines is 2. The van der Waals surface area contributed by atoms with E-state index in [2.05, 4.69) is 42.9 Å². The number of aromatic nitrogens is 8. The Morgan fingerprint density at radius 1 is 0.451 bits per heavy atom. The molecule has 0 radical (unpaired) electrons. The van der Waals surface area contributed by atoms with Gasteiger partial charge >= 0.3 is 23.9 Å². The molecule has 82 heavy (non-hydrogen) atoms. The smallest absolute Gasteiger partial charge is 0.335 e. The Kier molecular flexibility index (Phi) is 13.1. The highest BCUT2D eigenvalue weighted by molar-refractivity contribution is 6.51. The molecule has 406 valence electrons. The van der Waals surface area contributed by atoms with Crippen molar-refractivity contribution in [2.45, 2.75) is 39.4 Å². The molecule has 22 heteroatoms. The van der Waals surface area contributed by atoms with Gasteiger partial charge in [-0.15, -0.1) is 0 Å². The number of ether oxygens (including phenoxy) is 3. The van der Waals surface area contributed by atoms with Gasteiger partial charge in [0.2, 0.25) is 0 Å². The lowest BCUT2D eigenvalue weighted by Gasteiger charge is -2.18. The highest BCUT2D eigenvalue weighted by Crippen LogP contribution is 2.50. The average molecular weight is 1150 g/mol. The first-order valence-electron chi connectivity index (χ1n) is 24.9. The number of nitrogens with zero attached hydrogens (tertiary/aromatic N) is 6. The number of nitrogens with one attached hydrogen (secondary N) is 2. The van der Waals surface area contributed by atoms with Crippen molar-refractivity contribution in [1.29, 1.82) is 0 Å². The maximum absolute atomic E-state index is 12.0. The van der Waals surface area contributed by atoms with Crippen molar-refractivity contribution in [2.75, 3.05) is 0 Å². The van der Waals surface area contributed by atoms with Crippen LogP contribution in [0.25, 0.3) is 89.7 Å². The van der Waals surface area contributed by atoms with E-state index in [4.69, 9.17) is 78.9 Å². The van der Waals surface area contributed by atoms with Gasteiger partial charge in [-0.25, -0.2) is 49.1 Å². The molecule has 5 heterocycles. The molecule has 19 nitrogen and oxygen atoms in total. The molecule has 12 rings (SSSR count). The molecule has 0 saturated heterocycles. The van der Waals surface area contributed by atoms with Gasteiger partial charge in [-0.1, -0.05) is 116 Å². The fourth-order valence-electron chi connectivity index (χ4n) is 9.63. The standard InChI is InChI=1S/C60H39Cl3N8O11/c1-60(2,3)32-12-13-40-41(23-32)53-67-49-37-9-5-7-11-39(37)51(65-49)70-55-43-42(54(71-55)69-50-38-10-6-4-8-36(38)48(64-50)66-52(40)68-53)44(61)46(63)47(45(43)62)82-35-15-26(24-80-33-19-28(56(72)73)17-29(20-33)57(74)75)14-27(16-35)25-81-34-21-30(58(76)77)18-31(22-34)59(78)79/h4-23H,24-25H2,1-3H3,(H,72,73)(H,74,75)(H,76,77)(H,78,79)(H2,64,65,66,67,68,69,70,71). The van der Waals surface area contributed by atoms with Gasteiger partial charge in [0.25, 0.3) is 0 Å². The zero-order valence-electron chi connectivity index (χ0n) is 42.9. The van der Waals surface area contributed by atoms with Gasteiger partial charge in [-0.2, -0.15) is 0 Å².